The van der Waals surface area contributed by atoms with Gasteiger partial charge in [-0.2, -0.15) is 0 Å². The smallest absolute Gasteiger partial charge is 0.116 e. The second kappa shape index (κ2) is 3.64. The van der Waals surface area contributed by atoms with Crippen LogP contribution in [-0.2, 0) is 4.74 Å². The first-order chi connectivity index (χ1) is 5.88. The molecule has 0 aromatic carbocycles. The number of thiophene rings is 1. The Morgan fingerprint density at radius 3 is 2.75 bits per heavy atom. The van der Waals surface area contributed by atoms with Crippen LogP contribution in [0, 0.1) is 0 Å². The topological polar surface area (TPSA) is 12.5 Å². The number of hydrogen-bond acceptors (Lipinski definition) is 3. The first-order valence-electron chi connectivity index (χ1n) is 3.93. The minimum Gasteiger partial charge on any atom is -0.378 e. The summed E-state index contributed by atoms with van der Waals surface area (Å²) >= 11 is 7.59. The van der Waals surface area contributed by atoms with Gasteiger partial charge in [0.25, 0.3) is 0 Å². The Labute approximate surface area is 80.7 Å². The fourth-order valence-electron chi connectivity index (χ4n) is 1.32. The zero-order chi connectivity index (χ0) is 8.39. The minimum absolute atomic E-state index is 0.812. The third-order valence-corrected chi connectivity index (χ3v) is 3.10. The normalized spacial score (nSPS) is 18.2. The molecule has 12 heavy (non-hydrogen) atoms. The summed E-state index contributed by atoms with van der Waals surface area (Å²) in [6, 6.07) is 2.07. The molecule has 2 heterocycles. The third kappa shape index (κ3) is 1.58. The molecule has 66 valence electrons. The molecule has 0 spiro atoms. The van der Waals surface area contributed by atoms with Crippen LogP contribution >= 0.6 is 22.9 Å². The third-order valence-electron chi connectivity index (χ3n) is 1.95. The highest BCUT2D eigenvalue weighted by Gasteiger charge is 2.14. The van der Waals surface area contributed by atoms with E-state index in [2.05, 4.69) is 11.0 Å². The Hall–Kier alpha value is -0.250. The first kappa shape index (κ1) is 8.35. The lowest BCUT2D eigenvalue weighted by Crippen LogP contribution is -2.36. The van der Waals surface area contributed by atoms with Crippen molar-refractivity contribution in [2.75, 3.05) is 31.2 Å². The van der Waals surface area contributed by atoms with Gasteiger partial charge < -0.3 is 9.64 Å². The molecule has 0 radical (unpaired) electrons. The summed E-state index contributed by atoms with van der Waals surface area (Å²) in [5, 5.41) is 2.02. The molecule has 1 saturated heterocycles. The predicted octanol–water partition coefficient (Wildman–Crippen LogP) is 2.24. The van der Waals surface area contributed by atoms with E-state index in [-0.39, 0.29) is 0 Å². The molecule has 0 aliphatic carbocycles. The average molecular weight is 204 g/mol. The minimum atomic E-state index is 0.812. The average Bonchev–Trinajstić information content (AvgIpc) is 2.53. The summed E-state index contributed by atoms with van der Waals surface area (Å²) in [5.41, 5.74) is 1.16. The summed E-state index contributed by atoms with van der Waals surface area (Å²) in [4.78, 5) is 2.27. The number of hydrogen-bond donors (Lipinski definition) is 0. The van der Waals surface area contributed by atoms with Crippen LogP contribution in [0.5, 0.6) is 0 Å². The van der Waals surface area contributed by atoms with Crippen molar-refractivity contribution in [1.82, 2.24) is 0 Å². The first-order valence-corrected chi connectivity index (χ1v) is 5.19. The fourth-order valence-corrected chi connectivity index (χ4v) is 2.29. The Morgan fingerprint density at radius 1 is 1.42 bits per heavy atom. The van der Waals surface area contributed by atoms with E-state index in [1.807, 2.05) is 5.38 Å². The van der Waals surface area contributed by atoms with E-state index < -0.39 is 0 Å². The van der Waals surface area contributed by atoms with Gasteiger partial charge >= 0.3 is 0 Å². The zero-order valence-corrected chi connectivity index (χ0v) is 8.20. The molecule has 0 atom stereocenters. The zero-order valence-electron chi connectivity index (χ0n) is 6.62. The van der Waals surface area contributed by atoms with Crippen molar-refractivity contribution >= 4 is 28.6 Å². The number of morpholine rings is 1. The second-order valence-electron chi connectivity index (χ2n) is 2.68. The van der Waals surface area contributed by atoms with Crippen molar-refractivity contribution in [2.45, 2.75) is 0 Å². The van der Waals surface area contributed by atoms with Crippen LogP contribution in [0.25, 0.3) is 0 Å². The summed E-state index contributed by atoms with van der Waals surface area (Å²) in [5.74, 6) is 0. The molecule has 4 heteroatoms. The molecule has 1 aromatic rings. The molecule has 0 amide bonds. The van der Waals surface area contributed by atoms with Gasteiger partial charge in [-0.25, -0.2) is 0 Å². The van der Waals surface area contributed by atoms with E-state index in [9.17, 15) is 0 Å². The Kier molecular flexibility index (Phi) is 2.54. The number of anilines is 1. The molecule has 2 rings (SSSR count). The van der Waals surface area contributed by atoms with E-state index in [0.29, 0.717) is 0 Å². The van der Waals surface area contributed by atoms with Gasteiger partial charge in [-0.3, -0.25) is 0 Å². The molecular weight excluding hydrogens is 194 g/mol. The molecule has 0 bridgehead atoms. The van der Waals surface area contributed by atoms with Crippen molar-refractivity contribution in [3.05, 3.63) is 15.8 Å². The monoisotopic (exact) mass is 203 g/mol. The summed E-state index contributed by atoms with van der Waals surface area (Å²) < 4.78 is 6.14. The van der Waals surface area contributed by atoms with Crippen LogP contribution in [-0.4, -0.2) is 26.3 Å². The van der Waals surface area contributed by atoms with Gasteiger partial charge in [-0.15, -0.1) is 11.3 Å². The standard InChI is InChI=1S/C8H10ClNOS/c9-8-7(1-6-12-8)10-2-4-11-5-3-10/h1,6H,2-5H2. The second-order valence-corrected chi connectivity index (χ2v) is 4.20. The van der Waals surface area contributed by atoms with Crippen LogP contribution in [0.4, 0.5) is 5.69 Å². The highest BCUT2D eigenvalue weighted by Crippen LogP contribution is 2.31. The largest absolute Gasteiger partial charge is 0.378 e. The number of nitrogens with zero attached hydrogens (tertiary/aromatic N) is 1. The Morgan fingerprint density at radius 2 is 2.17 bits per heavy atom. The maximum Gasteiger partial charge on any atom is 0.116 e. The molecule has 1 aliphatic rings. The van der Waals surface area contributed by atoms with Crippen molar-refractivity contribution in [3.8, 4) is 0 Å². The Bertz CT molecular complexity index is 257. The molecule has 0 N–H and O–H groups in total. The van der Waals surface area contributed by atoms with Gasteiger partial charge in [0.15, 0.2) is 0 Å². The van der Waals surface area contributed by atoms with Crippen molar-refractivity contribution < 1.29 is 4.74 Å². The molecule has 2 nitrogen and oxygen atoms in total. The van der Waals surface area contributed by atoms with E-state index in [4.69, 9.17) is 16.3 Å². The van der Waals surface area contributed by atoms with Crippen LogP contribution in [0.1, 0.15) is 0 Å². The molecule has 1 aliphatic heterocycles. The number of rotatable bonds is 1. The highest BCUT2D eigenvalue weighted by molar-refractivity contribution is 7.15. The van der Waals surface area contributed by atoms with Crippen LogP contribution < -0.4 is 4.90 Å². The van der Waals surface area contributed by atoms with Gasteiger partial charge in [0.1, 0.15) is 4.34 Å². The lowest BCUT2D eigenvalue weighted by Gasteiger charge is -2.28. The van der Waals surface area contributed by atoms with Gasteiger partial charge in [-0.1, -0.05) is 11.6 Å². The quantitative estimate of drug-likeness (QED) is 0.694. The molecule has 0 saturated carbocycles. The summed E-state index contributed by atoms with van der Waals surface area (Å²) in [6.45, 7) is 3.53. The van der Waals surface area contributed by atoms with E-state index in [0.717, 1.165) is 36.3 Å². The lowest BCUT2D eigenvalue weighted by atomic mass is 10.4. The fraction of sp³-hybridized carbons (Fsp3) is 0.500. The van der Waals surface area contributed by atoms with E-state index in [1.54, 1.807) is 11.3 Å². The summed E-state index contributed by atoms with van der Waals surface area (Å²) in [7, 11) is 0. The van der Waals surface area contributed by atoms with Crippen LogP contribution in [0.3, 0.4) is 0 Å². The highest BCUT2D eigenvalue weighted by atomic mass is 35.5. The SMILES string of the molecule is Clc1sccc1N1CCOCC1. The number of ether oxygens (including phenoxy) is 1. The van der Waals surface area contributed by atoms with Gasteiger partial charge in [0.05, 0.1) is 18.9 Å². The van der Waals surface area contributed by atoms with Crippen molar-refractivity contribution in [2.24, 2.45) is 0 Å². The molecular formula is C8H10ClNOS. The van der Waals surface area contributed by atoms with Gasteiger partial charge in [-0.05, 0) is 11.4 Å². The van der Waals surface area contributed by atoms with Crippen molar-refractivity contribution in [1.29, 1.82) is 0 Å². The molecule has 1 aromatic heterocycles. The lowest BCUT2D eigenvalue weighted by molar-refractivity contribution is 0.123. The molecule has 0 unspecified atom stereocenters. The number of halogens is 1. The van der Waals surface area contributed by atoms with E-state index in [1.165, 1.54) is 0 Å². The van der Waals surface area contributed by atoms with Crippen molar-refractivity contribution in [3.63, 3.8) is 0 Å². The Balaban J connectivity index is 2.13. The van der Waals surface area contributed by atoms with Gasteiger partial charge in [0.2, 0.25) is 0 Å². The molecule has 1 fully saturated rings. The summed E-state index contributed by atoms with van der Waals surface area (Å²) in [6.07, 6.45) is 0. The van der Waals surface area contributed by atoms with Gasteiger partial charge in [0, 0.05) is 13.1 Å². The predicted molar refractivity (Wildman–Crippen MR) is 52.4 cm³/mol. The van der Waals surface area contributed by atoms with Crippen LogP contribution in [0.15, 0.2) is 11.4 Å². The van der Waals surface area contributed by atoms with Crippen LogP contribution in [0.2, 0.25) is 4.34 Å². The maximum absolute atomic E-state index is 6.01. The van der Waals surface area contributed by atoms with E-state index >= 15 is 0 Å². The maximum atomic E-state index is 6.01.